The van der Waals surface area contributed by atoms with Crippen LogP contribution in [-0.4, -0.2) is 24.4 Å². The second-order valence-corrected chi connectivity index (χ2v) is 1.49. The molecule has 0 unspecified atom stereocenters. The Morgan fingerprint density at radius 2 is 2.50 bits per heavy atom. The lowest BCUT2D eigenvalue weighted by Crippen LogP contribution is -2.24. The number of rotatable bonds is 3. The molecule has 4 heteroatoms. The Hall–Kier alpha value is -1.19. The number of hydrogen-bond donors (Lipinski definition) is 2. The average molecular weight is 145 g/mol. The predicted octanol–water partition coefficient (Wildman–Crippen LogP) is 0.804. The fourth-order valence-electron chi connectivity index (χ4n) is 0.377. The molecule has 0 radical (unpaired) electrons. The number of amides is 1. The normalized spacial score (nSPS) is 9.70. The van der Waals surface area contributed by atoms with Crippen LogP contribution in [-0.2, 0) is 4.74 Å². The third kappa shape index (κ3) is 4.96. The molecule has 0 aliphatic carbocycles. The first kappa shape index (κ1) is 8.81. The van der Waals surface area contributed by atoms with Gasteiger partial charge < -0.3 is 15.2 Å². The number of ether oxygens (including phenoxy) is 1. The zero-order valence-electron chi connectivity index (χ0n) is 5.83. The van der Waals surface area contributed by atoms with Gasteiger partial charge in [-0.15, -0.1) is 0 Å². The average Bonchev–Trinajstić information content (AvgIpc) is 1.89. The fourth-order valence-corrected chi connectivity index (χ4v) is 0.377. The van der Waals surface area contributed by atoms with Crippen molar-refractivity contribution in [2.24, 2.45) is 0 Å². The van der Waals surface area contributed by atoms with Crippen LogP contribution in [0, 0.1) is 0 Å². The number of carbonyl (C=O) groups is 1. The zero-order valence-corrected chi connectivity index (χ0v) is 5.83. The molecular formula is C6H11NO3. The van der Waals surface area contributed by atoms with Crippen LogP contribution >= 0.6 is 0 Å². The molecular weight excluding hydrogens is 134 g/mol. The molecule has 4 nitrogen and oxygen atoms in total. The molecule has 0 heterocycles. The predicted molar refractivity (Wildman–Crippen MR) is 36.8 cm³/mol. The van der Waals surface area contributed by atoms with Gasteiger partial charge in [-0.2, -0.15) is 0 Å². The quantitative estimate of drug-likeness (QED) is 0.577. The summed E-state index contributed by atoms with van der Waals surface area (Å²) in [4.78, 5) is 10.5. The Kier molecular flexibility index (Phi) is 5.23. The van der Waals surface area contributed by atoms with E-state index in [9.17, 15) is 4.79 Å². The van der Waals surface area contributed by atoms with Gasteiger partial charge in [0.1, 0.15) is 0 Å². The highest BCUT2D eigenvalue weighted by Gasteiger charge is 1.94. The maximum absolute atomic E-state index is 10.5. The smallest absolute Gasteiger partial charge is 0.407 e. The zero-order chi connectivity index (χ0) is 7.82. The molecule has 0 saturated heterocycles. The lowest BCUT2D eigenvalue weighted by atomic mass is 10.6. The summed E-state index contributed by atoms with van der Waals surface area (Å²) >= 11 is 0. The van der Waals surface area contributed by atoms with E-state index in [1.165, 1.54) is 6.08 Å². The Balaban J connectivity index is 3.21. The minimum atomic E-state index is -0.472. The Morgan fingerprint density at radius 3 is 3.00 bits per heavy atom. The lowest BCUT2D eigenvalue weighted by Gasteiger charge is -2.00. The molecule has 0 aromatic heterocycles. The van der Waals surface area contributed by atoms with Gasteiger partial charge >= 0.3 is 6.09 Å². The second-order valence-electron chi connectivity index (χ2n) is 1.49. The molecule has 0 aromatic rings. The van der Waals surface area contributed by atoms with E-state index in [4.69, 9.17) is 5.11 Å². The van der Waals surface area contributed by atoms with Gasteiger partial charge in [-0.1, -0.05) is 0 Å². The molecule has 0 bridgehead atoms. The molecule has 10 heavy (non-hydrogen) atoms. The summed E-state index contributed by atoms with van der Waals surface area (Å²) in [6.07, 6.45) is 1.80. The summed E-state index contributed by atoms with van der Waals surface area (Å²) in [5.74, 6) is 0. The van der Waals surface area contributed by atoms with E-state index < -0.39 is 6.09 Å². The van der Waals surface area contributed by atoms with E-state index in [2.05, 4.69) is 10.1 Å². The molecule has 0 atom stereocenters. The molecule has 0 spiro atoms. The highest BCUT2D eigenvalue weighted by Crippen LogP contribution is 1.75. The van der Waals surface area contributed by atoms with Crippen molar-refractivity contribution in [3.63, 3.8) is 0 Å². The van der Waals surface area contributed by atoms with Crippen molar-refractivity contribution in [1.82, 2.24) is 5.32 Å². The molecule has 58 valence electrons. The van der Waals surface area contributed by atoms with Crippen LogP contribution in [0.5, 0.6) is 0 Å². The summed E-state index contributed by atoms with van der Waals surface area (Å²) in [5, 5.41) is 10.5. The van der Waals surface area contributed by atoms with Crippen LogP contribution < -0.4 is 5.32 Å². The minimum Gasteiger partial charge on any atom is -0.516 e. The van der Waals surface area contributed by atoms with Crippen LogP contribution in [0.2, 0.25) is 0 Å². The first-order chi connectivity index (χ1) is 4.81. The largest absolute Gasteiger partial charge is 0.516 e. The third-order valence-corrected chi connectivity index (χ3v) is 0.745. The molecule has 0 aliphatic rings. The molecule has 1 amide bonds. The van der Waals surface area contributed by atoms with Crippen LogP contribution in [0.1, 0.15) is 6.92 Å². The molecule has 0 saturated carbocycles. The minimum absolute atomic E-state index is 0.287. The fraction of sp³-hybridized carbons (Fsp3) is 0.500. The maximum atomic E-state index is 10.5. The van der Waals surface area contributed by atoms with Crippen molar-refractivity contribution in [2.45, 2.75) is 6.92 Å². The number of aliphatic hydroxyl groups is 1. The van der Waals surface area contributed by atoms with Crippen LogP contribution in [0.3, 0.4) is 0 Å². The monoisotopic (exact) mass is 145 g/mol. The Labute approximate surface area is 59.5 Å². The van der Waals surface area contributed by atoms with Crippen LogP contribution in [0.15, 0.2) is 12.3 Å². The molecule has 0 aliphatic heterocycles. The second kappa shape index (κ2) is 5.94. The van der Waals surface area contributed by atoms with E-state index in [-0.39, 0.29) is 6.54 Å². The van der Waals surface area contributed by atoms with Gasteiger partial charge in [0.25, 0.3) is 0 Å². The number of carbonyl (C=O) groups excluding carboxylic acids is 1. The number of hydrogen-bond acceptors (Lipinski definition) is 3. The van der Waals surface area contributed by atoms with Crippen molar-refractivity contribution in [3.8, 4) is 0 Å². The first-order valence-electron chi connectivity index (χ1n) is 3.01. The SMILES string of the molecule is CCOC(=O)NCC=CO. The van der Waals surface area contributed by atoms with E-state index in [1.807, 2.05) is 0 Å². The van der Waals surface area contributed by atoms with Crippen LogP contribution in [0.4, 0.5) is 4.79 Å². The molecule has 2 N–H and O–H groups in total. The Bertz CT molecular complexity index is 122. The van der Waals surface area contributed by atoms with Gasteiger partial charge in [0.2, 0.25) is 0 Å². The van der Waals surface area contributed by atoms with Gasteiger partial charge in [-0.25, -0.2) is 4.79 Å². The summed E-state index contributed by atoms with van der Waals surface area (Å²) in [6, 6.07) is 0. The summed E-state index contributed by atoms with van der Waals surface area (Å²) < 4.78 is 4.52. The van der Waals surface area contributed by atoms with Gasteiger partial charge in [-0.3, -0.25) is 0 Å². The summed E-state index contributed by atoms with van der Waals surface area (Å²) in [5.41, 5.74) is 0. The van der Waals surface area contributed by atoms with Crippen molar-refractivity contribution >= 4 is 6.09 Å². The third-order valence-electron chi connectivity index (χ3n) is 0.745. The van der Waals surface area contributed by atoms with Crippen LogP contribution in [0.25, 0.3) is 0 Å². The van der Waals surface area contributed by atoms with Crippen molar-refractivity contribution in [3.05, 3.63) is 12.3 Å². The highest BCUT2D eigenvalue weighted by molar-refractivity contribution is 5.67. The van der Waals surface area contributed by atoms with Gasteiger partial charge in [-0.05, 0) is 13.0 Å². The van der Waals surface area contributed by atoms with Crippen molar-refractivity contribution in [1.29, 1.82) is 0 Å². The molecule has 0 rings (SSSR count). The lowest BCUT2D eigenvalue weighted by molar-refractivity contribution is 0.153. The van der Waals surface area contributed by atoms with Crippen molar-refractivity contribution < 1.29 is 14.6 Å². The summed E-state index contributed by atoms with van der Waals surface area (Å²) in [7, 11) is 0. The maximum Gasteiger partial charge on any atom is 0.407 e. The number of aliphatic hydroxyl groups excluding tert-OH is 1. The molecule has 0 aromatic carbocycles. The van der Waals surface area contributed by atoms with E-state index >= 15 is 0 Å². The topological polar surface area (TPSA) is 58.6 Å². The number of alkyl carbamates (subject to hydrolysis) is 1. The van der Waals surface area contributed by atoms with Gasteiger partial charge in [0, 0.05) is 6.54 Å². The van der Waals surface area contributed by atoms with Crippen molar-refractivity contribution in [2.75, 3.05) is 13.2 Å². The van der Waals surface area contributed by atoms with Gasteiger partial charge in [0.15, 0.2) is 0 Å². The molecule has 0 fully saturated rings. The van der Waals surface area contributed by atoms with E-state index in [0.29, 0.717) is 6.61 Å². The number of nitrogens with one attached hydrogen (secondary N) is 1. The standard InChI is InChI=1S/C6H11NO3/c1-2-10-6(9)7-4-3-5-8/h3,5,8H,2,4H2,1H3,(H,7,9). The highest BCUT2D eigenvalue weighted by atomic mass is 16.5. The van der Waals surface area contributed by atoms with E-state index in [0.717, 1.165) is 6.26 Å². The summed E-state index contributed by atoms with van der Waals surface area (Å²) in [6.45, 7) is 2.37. The Morgan fingerprint density at radius 1 is 1.80 bits per heavy atom. The van der Waals surface area contributed by atoms with E-state index in [1.54, 1.807) is 6.92 Å². The first-order valence-corrected chi connectivity index (χ1v) is 3.01. The van der Waals surface area contributed by atoms with Gasteiger partial charge in [0.05, 0.1) is 12.9 Å².